The van der Waals surface area contributed by atoms with Gasteiger partial charge in [0.05, 0.1) is 6.33 Å². The summed E-state index contributed by atoms with van der Waals surface area (Å²) in [6.45, 7) is 3.02. The molecule has 0 spiro atoms. The minimum atomic E-state index is -0.324. The molecule has 0 radical (unpaired) electrons. The lowest BCUT2D eigenvalue weighted by molar-refractivity contribution is 0.0940. The van der Waals surface area contributed by atoms with Crippen molar-refractivity contribution < 1.29 is 4.79 Å². The van der Waals surface area contributed by atoms with Crippen molar-refractivity contribution in [1.29, 1.82) is 0 Å². The van der Waals surface area contributed by atoms with E-state index in [1.165, 1.54) is 0 Å². The van der Waals surface area contributed by atoms with Crippen LogP contribution in [0.15, 0.2) is 55.2 Å². The Hall–Kier alpha value is -3.55. The van der Waals surface area contributed by atoms with Gasteiger partial charge in [0.1, 0.15) is 0 Å². The number of nitrogens with zero attached hydrogens (tertiary/aromatic N) is 6. The standard InChI is InChI=1S/C18H17N7O/c1-13-5-6-20-18-22-16(23-25(13)18)17(26)21-10-14-3-2-4-15(9-14)11-24-8-7-19-12-24/h2-9,12H,10-11H2,1H3,(H,21,26). The van der Waals surface area contributed by atoms with Crippen LogP contribution in [0.3, 0.4) is 0 Å². The monoisotopic (exact) mass is 347 g/mol. The highest BCUT2D eigenvalue weighted by atomic mass is 16.2. The minimum Gasteiger partial charge on any atom is -0.345 e. The minimum absolute atomic E-state index is 0.112. The number of aryl methyl sites for hydroxylation is 1. The summed E-state index contributed by atoms with van der Waals surface area (Å²) in [7, 11) is 0. The molecule has 4 aromatic rings. The molecule has 0 saturated heterocycles. The summed E-state index contributed by atoms with van der Waals surface area (Å²) in [5.74, 6) is 0.203. The first-order valence-corrected chi connectivity index (χ1v) is 8.19. The summed E-state index contributed by atoms with van der Waals surface area (Å²) in [5.41, 5.74) is 3.02. The molecule has 3 heterocycles. The van der Waals surface area contributed by atoms with Crippen LogP contribution in [0.4, 0.5) is 0 Å². The normalized spacial score (nSPS) is 11.0. The van der Waals surface area contributed by atoms with E-state index in [4.69, 9.17) is 0 Å². The van der Waals surface area contributed by atoms with Crippen LogP contribution in [0, 0.1) is 6.92 Å². The number of benzene rings is 1. The van der Waals surface area contributed by atoms with E-state index in [0.29, 0.717) is 12.3 Å². The fourth-order valence-corrected chi connectivity index (χ4v) is 2.69. The molecule has 0 aliphatic rings. The maximum Gasteiger partial charge on any atom is 0.291 e. The second kappa shape index (κ2) is 6.75. The van der Waals surface area contributed by atoms with Crippen LogP contribution in [-0.2, 0) is 13.1 Å². The molecule has 1 N–H and O–H groups in total. The number of nitrogens with one attached hydrogen (secondary N) is 1. The summed E-state index contributed by atoms with van der Waals surface area (Å²) in [5, 5.41) is 7.07. The number of amides is 1. The van der Waals surface area contributed by atoms with Crippen LogP contribution in [0.2, 0.25) is 0 Å². The van der Waals surface area contributed by atoms with E-state index in [-0.39, 0.29) is 11.7 Å². The van der Waals surface area contributed by atoms with E-state index in [1.807, 2.05) is 42.0 Å². The fraction of sp³-hybridized carbons (Fsp3) is 0.167. The molecule has 0 aliphatic heterocycles. The van der Waals surface area contributed by atoms with E-state index < -0.39 is 0 Å². The van der Waals surface area contributed by atoms with Crippen LogP contribution in [0.5, 0.6) is 0 Å². The lowest BCUT2D eigenvalue weighted by Crippen LogP contribution is -2.24. The summed E-state index contributed by atoms with van der Waals surface area (Å²) in [4.78, 5) is 24.7. The second-order valence-corrected chi connectivity index (χ2v) is 5.97. The SMILES string of the molecule is Cc1ccnc2nc(C(=O)NCc3cccc(Cn4ccnc4)c3)nn12. The second-order valence-electron chi connectivity index (χ2n) is 5.97. The van der Waals surface area contributed by atoms with Gasteiger partial charge in [-0.2, -0.15) is 4.98 Å². The number of carbonyl (C=O) groups is 1. The van der Waals surface area contributed by atoms with Crippen molar-refractivity contribution in [3.63, 3.8) is 0 Å². The fourth-order valence-electron chi connectivity index (χ4n) is 2.69. The van der Waals surface area contributed by atoms with Crippen LogP contribution in [-0.4, -0.2) is 35.0 Å². The molecule has 0 saturated carbocycles. The Balaban J connectivity index is 1.44. The van der Waals surface area contributed by atoms with Crippen molar-refractivity contribution >= 4 is 11.7 Å². The molecule has 1 amide bonds. The zero-order valence-corrected chi connectivity index (χ0v) is 14.2. The zero-order valence-electron chi connectivity index (χ0n) is 14.2. The zero-order chi connectivity index (χ0) is 17.9. The molecule has 8 heteroatoms. The van der Waals surface area contributed by atoms with Crippen molar-refractivity contribution in [2.24, 2.45) is 0 Å². The van der Waals surface area contributed by atoms with E-state index >= 15 is 0 Å². The molecule has 0 fully saturated rings. The number of carbonyl (C=O) groups excluding carboxylic acids is 1. The topological polar surface area (TPSA) is 90.0 Å². The molecule has 1 aromatic carbocycles. The van der Waals surface area contributed by atoms with Crippen LogP contribution in [0.1, 0.15) is 27.4 Å². The van der Waals surface area contributed by atoms with Crippen LogP contribution < -0.4 is 5.32 Å². The van der Waals surface area contributed by atoms with Gasteiger partial charge in [-0.05, 0) is 24.1 Å². The van der Waals surface area contributed by atoms with Gasteiger partial charge in [-0.1, -0.05) is 24.3 Å². The van der Waals surface area contributed by atoms with Gasteiger partial charge in [0, 0.05) is 37.4 Å². The summed E-state index contributed by atoms with van der Waals surface area (Å²) in [6, 6.07) is 9.87. The van der Waals surface area contributed by atoms with Crippen molar-refractivity contribution in [3.05, 3.63) is 77.9 Å². The van der Waals surface area contributed by atoms with E-state index in [0.717, 1.165) is 23.4 Å². The summed E-state index contributed by atoms with van der Waals surface area (Å²) in [6.07, 6.45) is 7.09. The first-order chi connectivity index (χ1) is 12.7. The molecule has 0 unspecified atom stereocenters. The van der Waals surface area contributed by atoms with Crippen LogP contribution in [0.25, 0.3) is 5.78 Å². The summed E-state index contributed by atoms with van der Waals surface area (Å²) >= 11 is 0. The van der Waals surface area contributed by atoms with Gasteiger partial charge in [0.25, 0.3) is 11.7 Å². The van der Waals surface area contributed by atoms with Gasteiger partial charge < -0.3 is 9.88 Å². The Morgan fingerprint density at radius 1 is 1.19 bits per heavy atom. The van der Waals surface area contributed by atoms with Gasteiger partial charge in [0.2, 0.25) is 5.82 Å². The molecular formula is C18H17N7O. The highest BCUT2D eigenvalue weighted by Crippen LogP contribution is 2.08. The molecule has 4 rings (SSSR count). The first-order valence-electron chi connectivity index (χ1n) is 8.19. The number of aromatic nitrogens is 6. The van der Waals surface area contributed by atoms with E-state index in [2.05, 4.69) is 31.4 Å². The third-order valence-electron chi connectivity index (χ3n) is 4.00. The smallest absolute Gasteiger partial charge is 0.291 e. The van der Waals surface area contributed by atoms with Gasteiger partial charge in [-0.3, -0.25) is 4.79 Å². The van der Waals surface area contributed by atoms with Gasteiger partial charge >= 0.3 is 0 Å². The number of hydrogen-bond acceptors (Lipinski definition) is 5. The van der Waals surface area contributed by atoms with Crippen molar-refractivity contribution in [1.82, 2.24) is 34.4 Å². The first kappa shape index (κ1) is 15.9. The predicted octanol–water partition coefficient (Wildman–Crippen LogP) is 1.61. The molecule has 8 nitrogen and oxygen atoms in total. The maximum absolute atomic E-state index is 12.4. The molecule has 0 bridgehead atoms. The Morgan fingerprint density at radius 3 is 2.88 bits per heavy atom. The molecule has 130 valence electrons. The lowest BCUT2D eigenvalue weighted by atomic mass is 10.1. The van der Waals surface area contributed by atoms with Crippen molar-refractivity contribution in [2.45, 2.75) is 20.0 Å². The Labute approximate surface area is 149 Å². The summed E-state index contributed by atoms with van der Waals surface area (Å²) < 4.78 is 3.55. The average Bonchev–Trinajstić information content (AvgIpc) is 3.30. The molecule has 0 aliphatic carbocycles. The van der Waals surface area contributed by atoms with E-state index in [9.17, 15) is 4.79 Å². The van der Waals surface area contributed by atoms with Crippen LogP contribution >= 0.6 is 0 Å². The third-order valence-corrected chi connectivity index (χ3v) is 4.00. The quantitative estimate of drug-likeness (QED) is 0.592. The highest BCUT2D eigenvalue weighted by molar-refractivity contribution is 5.90. The molecule has 0 atom stereocenters. The van der Waals surface area contributed by atoms with Crippen molar-refractivity contribution in [3.8, 4) is 0 Å². The predicted molar refractivity (Wildman–Crippen MR) is 94.5 cm³/mol. The Morgan fingerprint density at radius 2 is 2.08 bits per heavy atom. The molecule has 26 heavy (non-hydrogen) atoms. The molecule has 3 aromatic heterocycles. The largest absolute Gasteiger partial charge is 0.345 e. The number of fused-ring (bicyclic) bond motifs is 1. The third kappa shape index (κ3) is 3.30. The lowest BCUT2D eigenvalue weighted by Gasteiger charge is -2.07. The number of hydrogen-bond donors (Lipinski definition) is 1. The van der Waals surface area contributed by atoms with Gasteiger partial charge in [0.15, 0.2) is 0 Å². The van der Waals surface area contributed by atoms with Crippen molar-refractivity contribution in [2.75, 3.05) is 0 Å². The number of rotatable bonds is 5. The maximum atomic E-state index is 12.4. The Bertz CT molecular complexity index is 1050. The highest BCUT2D eigenvalue weighted by Gasteiger charge is 2.14. The Kier molecular flexibility index (Phi) is 4.14. The average molecular weight is 347 g/mol. The van der Waals surface area contributed by atoms with E-state index in [1.54, 1.807) is 23.2 Å². The number of imidazole rings is 1. The molecular weight excluding hydrogens is 330 g/mol. The van der Waals surface area contributed by atoms with Gasteiger partial charge in [-0.15, -0.1) is 5.10 Å². The van der Waals surface area contributed by atoms with Gasteiger partial charge in [-0.25, -0.2) is 14.5 Å².